The number of imide groups is 1. The van der Waals surface area contributed by atoms with Gasteiger partial charge in [-0.05, 0) is 43.4 Å². The summed E-state index contributed by atoms with van der Waals surface area (Å²) in [4.78, 5) is 27.3. The van der Waals surface area contributed by atoms with Crippen molar-refractivity contribution >= 4 is 21.7 Å². The van der Waals surface area contributed by atoms with Crippen LogP contribution in [0.25, 0.3) is 0 Å². The number of benzene rings is 2. The van der Waals surface area contributed by atoms with Crippen molar-refractivity contribution < 1.29 is 23.1 Å². The molecule has 7 heteroatoms. The Morgan fingerprint density at radius 3 is 2.34 bits per heavy atom. The number of aryl methyl sites for hydroxylation is 1. The number of likely N-dealkylation sites (tertiary alicyclic amines) is 1. The van der Waals surface area contributed by atoms with E-state index in [1.54, 1.807) is 36.4 Å². The Morgan fingerprint density at radius 2 is 1.69 bits per heavy atom. The number of hydrogen-bond donors (Lipinski definition) is 1. The van der Waals surface area contributed by atoms with E-state index in [-0.39, 0.29) is 24.3 Å². The largest absolute Gasteiger partial charge is 0.391 e. The lowest BCUT2D eigenvalue weighted by atomic mass is 9.85. The summed E-state index contributed by atoms with van der Waals surface area (Å²) in [6.07, 6.45) is -0.921. The zero-order valence-electron chi connectivity index (χ0n) is 16.1. The van der Waals surface area contributed by atoms with Gasteiger partial charge in [-0.15, -0.1) is 0 Å². The lowest BCUT2D eigenvalue weighted by molar-refractivity contribution is -0.155. The predicted molar refractivity (Wildman–Crippen MR) is 106 cm³/mol. The third-order valence-corrected chi connectivity index (χ3v) is 8.71. The van der Waals surface area contributed by atoms with E-state index in [4.69, 9.17) is 0 Å². The maximum absolute atomic E-state index is 13.7. The highest BCUT2D eigenvalue weighted by atomic mass is 32.2. The van der Waals surface area contributed by atoms with Crippen LogP contribution in [0.4, 0.5) is 0 Å². The molecule has 2 fully saturated rings. The molecule has 2 aromatic carbocycles. The van der Waals surface area contributed by atoms with Crippen molar-refractivity contribution in [1.82, 2.24) is 4.90 Å². The summed E-state index contributed by atoms with van der Waals surface area (Å²) < 4.78 is 25.4. The van der Waals surface area contributed by atoms with E-state index in [1.807, 2.05) is 13.0 Å². The van der Waals surface area contributed by atoms with Crippen LogP contribution in [-0.2, 0) is 26.0 Å². The molecule has 1 N–H and O–H groups in total. The van der Waals surface area contributed by atoms with Gasteiger partial charge in [0.1, 0.15) is 0 Å². The second-order valence-electron chi connectivity index (χ2n) is 7.87. The van der Waals surface area contributed by atoms with Gasteiger partial charge >= 0.3 is 0 Å². The molecule has 0 radical (unpaired) electrons. The molecular formula is C22H23NO5S. The normalized spacial score (nSPS) is 27.2. The molecule has 1 heterocycles. The van der Waals surface area contributed by atoms with Gasteiger partial charge in [-0.3, -0.25) is 14.5 Å². The quantitative estimate of drug-likeness (QED) is 0.776. The molecule has 2 unspecified atom stereocenters. The number of piperidine rings is 1. The standard InChI is InChI=1S/C22H23NO5S/c1-15-7-10-18(11-8-15)29(27,28)22-17(9-12-19(22)24)13-20(25)23(21(22)26)14-16-5-3-2-4-6-16/h2-8,10-11,17,19,24H,9,12-14H2,1H3/t17-,19?,22?/m1/s1. The van der Waals surface area contributed by atoms with Gasteiger partial charge in [-0.25, -0.2) is 8.42 Å². The fourth-order valence-corrected chi connectivity index (χ4v) is 6.97. The van der Waals surface area contributed by atoms with Crippen LogP contribution in [0.5, 0.6) is 0 Å². The first-order valence-corrected chi connectivity index (χ1v) is 11.1. The highest BCUT2D eigenvalue weighted by molar-refractivity contribution is 7.93. The molecule has 1 saturated carbocycles. The zero-order chi connectivity index (χ0) is 20.8. The van der Waals surface area contributed by atoms with Crippen molar-refractivity contribution in [2.24, 2.45) is 5.92 Å². The fourth-order valence-electron chi connectivity index (χ4n) is 4.63. The van der Waals surface area contributed by atoms with Crippen LogP contribution in [0.1, 0.15) is 30.4 Å². The van der Waals surface area contributed by atoms with Gasteiger partial charge < -0.3 is 5.11 Å². The number of aliphatic hydroxyl groups excluding tert-OH is 1. The number of aliphatic hydroxyl groups is 1. The molecule has 6 nitrogen and oxygen atoms in total. The van der Waals surface area contributed by atoms with E-state index in [1.165, 1.54) is 12.1 Å². The number of carbonyl (C=O) groups excluding carboxylic acids is 2. The van der Waals surface area contributed by atoms with Crippen LogP contribution in [-0.4, -0.2) is 41.1 Å². The third kappa shape index (κ3) is 2.91. The van der Waals surface area contributed by atoms with E-state index in [0.717, 1.165) is 16.0 Å². The molecule has 2 aromatic rings. The van der Waals surface area contributed by atoms with Crippen molar-refractivity contribution in [1.29, 1.82) is 0 Å². The van der Waals surface area contributed by atoms with Crippen LogP contribution in [0, 0.1) is 12.8 Å². The highest BCUT2D eigenvalue weighted by Gasteiger charge is 2.68. The number of amides is 2. The molecule has 2 aliphatic rings. The first kappa shape index (κ1) is 19.8. The molecule has 152 valence electrons. The summed E-state index contributed by atoms with van der Waals surface area (Å²) >= 11 is 0. The van der Waals surface area contributed by atoms with E-state index < -0.39 is 38.4 Å². The minimum Gasteiger partial charge on any atom is -0.391 e. The van der Waals surface area contributed by atoms with Crippen molar-refractivity contribution in [2.75, 3.05) is 0 Å². The van der Waals surface area contributed by atoms with Crippen LogP contribution < -0.4 is 0 Å². The van der Waals surface area contributed by atoms with Gasteiger partial charge in [0.15, 0.2) is 14.6 Å². The van der Waals surface area contributed by atoms with Crippen molar-refractivity contribution in [3.63, 3.8) is 0 Å². The van der Waals surface area contributed by atoms with Crippen molar-refractivity contribution in [3.05, 3.63) is 65.7 Å². The highest BCUT2D eigenvalue weighted by Crippen LogP contribution is 2.50. The molecule has 4 rings (SSSR count). The molecule has 2 amide bonds. The lowest BCUT2D eigenvalue weighted by Gasteiger charge is -2.43. The minimum absolute atomic E-state index is 0.00332. The summed E-state index contributed by atoms with van der Waals surface area (Å²) in [6, 6.07) is 15.2. The summed E-state index contributed by atoms with van der Waals surface area (Å²) in [5, 5.41) is 10.8. The van der Waals surface area contributed by atoms with Crippen LogP contribution in [0.3, 0.4) is 0 Å². The molecule has 0 spiro atoms. The number of carbonyl (C=O) groups is 2. The number of rotatable bonds is 4. The Hall–Kier alpha value is -2.51. The Kier molecular flexibility index (Phi) is 4.83. The van der Waals surface area contributed by atoms with Gasteiger partial charge in [0.05, 0.1) is 17.5 Å². The Balaban J connectivity index is 1.82. The number of sulfone groups is 1. The van der Waals surface area contributed by atoms with Gasteiger partial charge in [0.2, 0.25) is 5.91 Å². The Bertz CT molecular complexity index is 1050. The van der Waals surface area contributed by atoms with Crippen molar-refractivity contribution in [3.8, 4) is 0 Å². The Labute approximate surface area is 170 Å². The predicted octanol–water partition coefficient (Wildman–Crippen LogP) is 2.24. The van der Waals surface area contributed by atoms with Crippen molar-refractivity contribution in [2.45, 2.75) is 48.5 Å². The van der Waals surface area contributed by atoms with Gasteiger partial charge in [0, 0.05) is 6.42 Å². The molecular weight excluding hydrogens is 390 g/mol. The fraction of sp³-hybridized carbons (Fsp3) is 0.364. The van der Waals surface area contributed by atoms with E-state index in [0.29, 0.717) is 6.42 Å². The average molecular weight is 413 g/mol. The van der Waals surface area contributed by atoms with E-state index in [2.05, 4.69) is 0 Å². The molecule has 3 atom stereocenters. The first-order chi connectivity index (χ1) is 13.8. The van der Waals surface area contributed by atoms with Crippen LogP contribution in [0.2, 0.25) is 0 Å². The topological polar surface area (TPSA) is 91.8 Å². The average Bonchev–Trinajstić information content (AvgIpc) is 3.04. The molecule has 29 heavy (non-hydrogen) atoms. The smallest absolute Gasteiger partial charge is 0.254 e. The molecule has 0 bridgehead atoms. The number of hydrogen-bond acceptors (Lipinski definition) is 5. The number of nitrogens with zero attached hydrogens (tertiary/aromatic N) is 1. The third-order valence-electron chi connectivity index (χ3n) is 6.15. The minimum atomic E-state index is -4.22. The van der Waals surface area contributed by atoms with E-state index in [9.17, 15) is 23.1 Å². The maximum Gasteiger partial charge on any atom is 0.254 e. The molecule has 1 saturated heterocycles. The van der Waals surface area contributed by atoms with Crippen LogP contribution >= 0.6 is 0 Å². The number of fused-ring (bicyclic) bond motifs is 1. The summed E-state index contributed by atoms with van der Waals surface area (Å²) in [7, 11) is -4.22. The first-order valence-electron chi connectivity index (χ1n) is 9.66. The second kappa shape index (κ2) is 7.07. The van der Waals surface area contributed by atoms with Gasteiger partial charge in [-0.2, -0.15) is 0 Å². The summed E-state index contributed by atoms with van der Waals surface area (Å²) in [5.41, 5.74) is 1.61. The SMILES string of the molecule is Cc1ccc(S(=O)(=O)C23C(=O)N(Cc4ccccc4)C(=O)C[C@H]2CCC3O)cc1. The van der Waals surface area contributed by atoms with E-state index >= 15 is 0 Å². The van der Waals surface area contributed by atoms with Gasteiger partial charge in [-0.1, -0.05) is 48.0 Å². The molecule has 1 aliphatic carbocycles. The second-order valence-corrected chi connectivity index (χ2v) is 10.0. The van der Waals surface area contributed by atoms with Crippen LogP contribution in [0.15, 0.2) is 59.5 Å². The molecule has 0 aromatic heterocycles. The maximum atomic E-state index is 13.7. The summed E-state index contributed by atoms with van der Waals surface area (Å²) in [5.74, 6) is -1.93. The lowest BCUT2D eigenvalue weighted by Crippen LogP contribution is -2.66. The van der Waals surface area contributed by atoms with Gasteiger partial charge in [0.25, 0.3) is 5.91 Å². The molecule has 1 aliphatic heterocycles. The Morgan fingerprint density at radius 1 is 1.03 bits per heavy atom. The zero-order valence-corrected chi connectivity index (χ0v) is 16.9. The monoisotopic (exact) mass is 413 g/mol. The summed E-state index contributed by atoms with van der Waals surface area (Å²) in [6.45, 7) is 1.83.